The summed E-state index contributed by atoms with van der Waals surface area (Å²) in [5.41, 5.74) is 3.82. The summed E-state index contributed by atoms with van der Waals surface area (Å²) in [6, 6.07) is 11.6. The van der Waals surface area contributed by atoms with Crippen molar-refractivity contribution in [2.45, 2.75) is 25.8 Å². The molecule has 112 valence electrons. The molecule has 4 heteroatoms. The molecule has 4 rings (SSSR count). The molecule has 0 bridgehead atoms. The van der Waals surface area contributed by atoms with Crippen LogP contribution in [-0.4, -0.2) is 5.78 Å². The van der Waals surface area contributed by atoms with Crippen molar-refractivity contribution in [2.24, 2.45) is 5.92 Å². The Morgan fingerprint density at radius 3 is 2.68 bits per heavy atom. The van der Waals surface area contributed by atoms with Gasteiger partial charge in [-0.25, -0.2) is 0 Å². The first-order valence-corrected chi connectivity index (χ1v) is 7.64. The minimum absolute atomic E-state index is 0.197. The lowest BCUT2D eigenvalue weighted by molar-refractivity contribution is -0.117. The molecule has 2 aliphatic rings. The molecule has 2 heterocycles. The van der Waals surface area contributed by atoms with Gasteiger partial charge in [0, 0.05) is 17.7 Å². The van der Waals surface area contributed by atoms with Crippen molar-refractivity contribution in [1.29, 1.82) is 0 Å². The van der Waals surface area contributed by atoms with Crippen LogP contribution in [0.4, 0.5) is 11.4 Å². The lowest BCUT2D eigenvalue weighted by Crippen LogP contribution is -2.26. The van der Waals surface area contributed by atoms with E-state index in [4.69, 9.17) is 4.42 Å². The number of anilines is 2. The van der Waals surface area contributed by atoms with Crippen LogP contribution in [0.25, 0.3) is 0 Å². The Kier molecular flexibility index (Phi) is 3.03. The van der Waals surface area contributed by atoms with E-state index in [2.05, 4.69) is 17.6 Å². The molecule has 1 aliphatic heterocycles. The zero-order chi connectivity index (χ0) is 15.1. The predicted octanol–water partition coefficient (Wildman–Crippen LogP) is 4.11. The molecular formula is C18H18N2O2. The zero-order valence-electron chi connectivity index (χ0n) is 12.4. The number of hydrogen-bond donors (Lipinski definition) is 2. The summed E-state index contributed by atoms with van der Waals surface area (Å²) < 4.78 is 5.59. The Hall–Kier alpha value is -2.49. The number of hydrogen-bond acceptors (Lipinski definition) is 4. The smallest absolute Gasteiger partial charge is 0.163 e. The number of ketones is 1. The van der Waals surface area contributed by atoms with Gasteiger partial charge < -0.3 is 15.1 Å². The monoisotopic (exact) mass is 294 g/mol. The minimum atomic E-state index is -0.235. The van der Waals surface area contributed by atoms with Gasteiger partial charge in [0.1, 0.15) is 11.8 Å². The number of furan rings is 1. The van der Waals surface area contributed by atoms with Crippen molar-refractivity contribution in [3.63, 3.8) is 0 Å². The van der Waals surface area contributed by atoms with Crippen LogP contribution >= 0.6 is 0 Å². The second-order valence-corrected chi connectivity index (χ2v) is 6.09. The third-order valence-corrected chi connectivity index (χ3v) is 4.34. The normalized spacial score (nSPS) is 24.0. The Labute approximate surface area is 129 Å². The second-order valence-electron chi connectivity index (χ2n) is 6.09. The van der Waals surface area contributed by atoms with E-state index >= 15 is 0 Å². The third-order valence-electron chi connectivity index (χ3n) is 4.34. The quantitative estimate of drug-likeness (QED) is 0.831. The molecule has 4 nitrogen and oxygen atoms in total. The van der Waals surface area contributed by atoms with Gasteiger partial charge >= 0.3 is 0 Å². The Bertz CT molecular complexity index is 746. The van der Waals surface area contributed by atoms with Gasteiger partial charge in [0.15, 0.2) is 5.78 Å². The molecule has 0 spiro atoms. The van der Waals surface area contributed by atoms with Crippen molar-refractivity contribution in [2.75, 3.05) is 10.6 Å². The van der Waals surface area contributed by atoms with E-state index in [1.54, 1.807) is 6.26 Å². The molecule has 2 N–H and O–H groups in total. The number of allylic oxidation sites excluding steroid dienone is 1. The summed E-state index contributed by atoms with van der Waals surface area (Å²) >= 11 is 0. The molecule has 1 aliphatic carbocycles. The van der Waals surface area contributed by atoms with E-state index in [1.165, 1.54) is 0 Å². The Balaban J connectivity index is 1.88. The maximum Gasteiger partial charge on any atom is 0.163 e. The molecule has 0 saturated heterocycles. The van der Waals surface area contributed by atoms with Gasteiger partial charge in [-0.3, -0.25) is 4.79 Å². The Morgan fingerprint density at radius 2 is 1.91 bits per heavy atom. The van der Waals surface area contributed by atoms with Crippen molar-refractivity contribution in [1.82, 2.24) is 0 Å². The number of Topliss-reactive ketones (excluding diaryl/α,β-unsaturated/α-hetero) is 1. The van der Waals surface area contributed by atoms with Crippen LogP contribution in [0.2, 0.25) is 0 Å². The van der Waals surface area contributed by atoms with E-state index in [-0.39, 0.29) is 11.8 Å². The number of fused-ring (bicyclic) bond motifs is 1. The maximum atomic E-state index is 12.7. The third kappa shape index (κ3) is 2.11. The molecule has 2 aromatic rings. The summed E-state index contributed by atoms with van der Waals surface area (Å²) in [4.78, 5) is 12.7. The molecule has 22 heavy (non-hydrogen) atoms. The van der Waals surface area contributed by atoms with Crippen LogP contribution in [0.1, 0.15) is 31.6 Å². The van der Waals surface area contributed by atoms with Crippen LogP contribution in [0.3, 0.4) is 0 Å². The summed E-state index contributed by atoms with van der Waals surface area (Å²) in [5, 5.41) is 6.94. The average Bonchev–Trinajstić information content (AvgIpc) is 2.95. The highest BCUT2D eigenvalue weighted by Crippen LogP contribution is 2.41. The topological polar surface area (TPSA) is 54.3 Å². The lowest BCUT2D eigenvalue weighted by Gasteiger charge is -2.26. The summed E-state index contributed by atoms with van der Waals surface area (Å²) in [6.45, 7) is 2.12. The second kappa shape index (κ2) is 5.05. The van der Waals surface area contributed by atoms with Crippen molar-refractivity contribution in [3.05, 3.63) is 59.7 Å². The molecule has 2 atom stereocenters. The standard InChI is InChI=1S/C18H18N2O2/c1-11-9-14-17(15(21)10-11)18(16-7-4-8-22-16)20-13-6-3-2-5-12(13)19-14/h2-8,11,18-20H,9-10H2,1H3/t11-,18-/m0/s1. The molecule has 0 unspecified atom stereocenters. The van der Waals surface area contributed by atoms with Crippen LogP contribution in [0.15, 0.2) is 58.3 Å². The first-order chi connectivity index (χ1) is 10.7. The van der Waals surface area contributed by atoms with Gasteiger partial charge in [-0.15, -0.1) is 0 Å². The fourth-order valence-corrected chi connectivity index (χ4v) is 3.36. The summed E-state index contributed by atoms with van der Waals surface area (Å²) in [6.07, 6.45) is 3.13. The average molecular weight is 294 g/mol. The fourth-order valence-electron chi connectivity index (χ4n) is 3.36. The van der Waals surface area contributed by atoms with Gasteiger partial charge in [-0.1, -0.05) is 19.1 Å². The van der Waals surface area contributed by atoms with Crippen LogP contribution < -0.4 is 10.6 Å². The van der Waals surface area contributed by atoms with Gasteiger partial charge in [-0.2, -0.15) is 0 Å². The number of carbonyl (C=O) groups is 1. The Morgan fingerprint density at radius 1 is 1.09 bits per heavy atom. The van der Waals surface area contributed by atoms with E-state index in [0.29, 0.717) is 12.3 Å². The van der Waals surface area contributed by atoms with Gasteiger partial charge in [-0.05, 0) is 36.6 Å². The van der Waals surface area contributed by atoms with Crippen LogP contribution in [-0.2, 0) is 4.79 Å². The van der Waals surface area contributed by atoms with E-state index in [1.807, 2.05) is 36.4 Å². The minimum Gasteiger partial charge on any atom is -0.467 e. The summed E-state index contributed by atoms with van der Waals surface area (Å²) in [5.74, 6) is 1.33. The molecule has 0 saturated carbocycles. The van der Waals surface area contributed by atoms with Crippen LogP contribution in [0.5, 0.6) is 0 Å². The van der Waals surface area contributed by atoms with Crippen molar-refractivity contribution < 1.29 is 9.21 Å². The predicted molar refractivity (Wildman–Crippen MR) is 85.6 cm³/mol. The first-order valence-electron chi connectivity index (χ1n) is 7.64. The SMILES string of the molecule is C[C@@H]1CC(=O)C2=C(C1)Nc1ccccc1N[C@H]2c1ccco1. The van der Waals surface area contributed by atoms with E-state index < -0.39 is 0 Å². The highest BCUT2D eigenvalue weighted by molar-refractivity contribution is 6.00. The number of benzene rings is 1. The highest BCUT2D eigenvalue weighted by atomic mass is 16.3. The number of para-hydroxylation sites is 2. The van der Waals surface area contributed by atoms with E-state index in [0.717, 1.165) is 34.8 Å². The first kappa shape index (κ1) is 13.2. The van der Waals surface area contributed by atoms with Crippen molar-refractivity contribution in [3.8, 4) is 0 Å². The highest BCUT2D eigenvalue weighted by Gasteiger charge is 2.35. The molecule has 1 aromatic carbocycles. The largest absolute Gasteiger partial charge is 0.467 e. The number of carbonyl (C=O) groups excluding carboxylic acids is 1. The fraction of sp³-hybridized carbons (Fsp3) is 0.278. The van der Waals surface area contributed by atoms with Gasteiger partial charge in [0.05, 0.1) is 17.6 Å². The molecule has 0 amide bonds. The number of nitrogens with one attached hydrogen (secondary N) is 2. The van der Waals surface area contributed by atoms with Crippen molar-refractivity contribution >= 4 is 17.2 Å². The molecule has 0 fully saturated rings. The molecule has 1 aromatic heterocycles. The zero-order valence-corrected chi connectivity index (χ0v) is 12.4. The summed E-state index contributed by atoms with van der Waals surface area (Å²) in [7, 11) is 0. The van der Waals surface area contributed by atoms with Crippen LogP contribution in [0, 0.1) is 5.92 Å². The molecule has 0 radical (unpaired) electrons. The van der Waals surface area contributed by atoms with E-state index in [9.17, 15) is 4.79 Å². The lowest BCUT2D eigenvalue weighted by atomic mass is 9.83. The number of rotatable bonds is 1. The van der Waals surface area contributed by atoms with Gasteiger partial charge in [0.2, 0.25) is 0 Å². The molecular weight excluding hydrogens is 276 g/mol. The van der Waals surface area contributed by atoms with Gasteiger partial charge in [0.25, 0.3) is 0 Å². The maximum absolute atomic E-state index is 12.7.